The van der Waals surface area contributed by atoms with Crippen molar-refractivity contribution >= 4 is 11.8 Å². The molecule has 0 aliphatic rings. The number of para-hydroxylation sites is 1. The number of nitrogens with zero attached hydrogens (tertiary/aromatic N) is 3. The third-order valence-corrected chi connectivity index (χ3v) is 3.64. The van der Waals surface area contributed by atoms with Crippen molar-refractivity contribution in [3.8, 4) is 5.75 Å². The van der Waals surface area contributed by atoms with Crippen LogP contribution in [0.2, 0.25) is 0 Å². The highest BCUT2D eigenvalue weighted by Gasteiger charge is 2.20. The molecule has 0 atom stereocenters. The summed E-state index contributed by atoms with van der Waals surface area (Å²) in [5, 5.41) is 6.90. The Morgan fingerprint density at radius 1 is 1.14 bits per heavy atom. The van der Waals surface area contributed by atoms with Gasteiger partial charge in [-0.2, -0.15) is 5.10 Å². The fourth-order valence-corrected chi connectivity index (χ4v) is 2.43. The van der Waals surface area contributed by atoms with Crippen molar-refractivity contribution in [3.63, 3.8) is 0 Å². The number of carbonyl (C=O) groups excluding carboxylic acids is 2. The summed E-state index contributed by atoms with van der Waals surface area (Å²) >= 11 is 0. The fourth-order valence-electron chi connectivity index (χ4n) is 2.43. The summed E-state index contributed by atoms with van der Waals surface area (Å²) in [6.07, 6.45) is 0. The van der Waals surface area contributed by atoms with E-state index in [9.17, 15) is 14.4 Å². The summed E-state index contributed by atoms with van der Waals surface area (Å²) in [5.74, 6) is -0.0258. The molecule has 0 spiro atoms. The minimum absolute atomic E-state index is 0.0883. The number of amides is 2. The predicted octanol–water partition coefficient (Wildman–Crippen LogP) is 1.31. The van der Waals surface area contributed by atoms with Crippen LogP contribution in [0.1, 0.15) is 31.3 Å². The van der Waals surface area contributed by atoms with Crippen molar-refractivity contribution in [3.05, 3.63) is 58.5 Å². The smallest absolute Gasteiger partial charge is 0.274 e. The lowest BCUT2D eigenvalue weighted by molar-refractivity contribution is -0.122. The number of ether oxygens (including phenoxy) is 1. The van der Waals surface area contributed by atoms with E-state index in [1.165, 1.54) is 28.8 Å². The number of rotatable bonds is 7. The number of carbonyl (C=O) groups is 2. The summed E-state index contributed by atoms with van der Waals surface area (Å²) in [6, 6.07) is 11.9. The van der Waals surface area contributed by atoms with Crippen LogP contribution >= 0.6 is 0 Å². The second-order valence-electron chi connectivity index (χ2n) is 7.40. The largest absolute Gasteiger partial charge is 0.492 e. The van der Waals surface area contributed by atoms with Gasteiger partial charge in [-0.15, -0.1) is 0 Å². The van der Waals surface area contributed by atoms with E-state index in [4.69, 9.17) is 4.74 Å². The Kier molecular flexibility index (Phi) is 6.92. The van der Waals surface area contributed by atoms with Crippen LogP contribution in [0.25, 0.3) is 0 Å². The number of aromatic nitrogens is 2. The molecule has 0 unspecified atom stereocenters. The fraction of sp³-hybridized carbons (Fsp3) is 0.400. The van der Waals surface area contributed by atoms with Crippen molar-refractivity contribution in [1.82, 2.24) is 20.0 Å². The zero-order valence-corrected chi connectivity index (χ0v) is 16.6. The molecule has 0 aliphatic carbocycles. The third-order valence-electron chi connectivity index (χ3n) is 3.64. The van der Waals surface area contributed by atoms with Gasteiger partial charge in [-0.25, -0.2) is 4.68 Å². The topological polar surface area (TPSA) is 93.5 Å². The first-order valence-electron chi connectivity index (χ1n) is 8.98. The highest BCUT2D eigenvalue weighted by molar-refractivity contribution is 5.94. The Bertz CT molecular complexity index is 872. The van der Waals surface area contributed by atoms with Gasteiger partial charge in [0.1, 0.15) is 18.1 Å². The lowest BCUT2D eigenvalue weighted by Crippen LogP contribution is -2.46. The lowest BCUT2D eigenvalue weighted by Gasteiger charge is -2.23. The normalized spacial score (nSPS) is 11.0. The second-order valence-corrected chi connectivity index (χ2v) is 7.40. The minimum Gasteiger partial charge on any atom is -0.492 e. The van der Waals surface area contributed by atoms with E-state index in [1.807, 2.05) is 51.1 Å². The van der Waals surface area contributed by atoms with Crippen LogP contribution in [0.4, 0.5) is 0 Å². The van der Waals surface area contributed by atoms with Crippen LogP contribution in [0.5, 0.6) is 5.75 Å². The molecular weight excluding hydrogens is 360 g/mol. The molecule has 0 saturated carbocycles. The minimum atomic E-state index is -0.443. The third kappa shape index (κ3) is 6.53. The molecule has 0 saturated heterocycles. The molecule has 8 heteroatoms. The van der Waals surface area contributed by atoms with Gasteiger partial charge < -0.3 is 15.0 Å². The van der Waals surface area contributed by atoms with Gasteiger partial charge in [-0.05, 0) is 39.0 Å². The van der Waals surface area contributed by atoms with Gasteiger partial charge in [-0.3, -0.25) is 14.4 Å². The molecule has 0 aliphatic heterocycles. The summed E-state index contributed by atoms with van der Waals surface area (Å²) < 4.78 is 6.74. The molecule has 0 radical (unpaired) electrons. The van der Waals surface area contributed by atoms with Crippen molar-refractivity contribution in [2.24, 2.45) is 0 Å². The number of hydrogen-bond donors (Lipinski definition) is 1. The maximum absolute atomic E-state index is 12.5. The first kappa shape index (κ1) is 21.1. The molecular formula is C20H26N4O4. The first-order chi connectivity index (χ1) is 13.2. The van der Waals surface area contributed by atoms with Gasteiger partial charge >= 0.3 is 0 Å². The molecule has 1 aromatic heterocycles. The number of nitrogens with one attached hydrogen (secondary N) is 1. The number of likely N-dealkylation sites (N-methyl/N-ethyl adjacent to an activating group) is 1. The highest BCUT2D eigenvalue weighted by atomic mass is 16.5. The van der Waals surface area contributed by atoms with Crippen LogP contribution < -0.4 is 15.6 Å². The molecule has 2 rings (SSSR count). The van der Waals surface area contributed by atoms with Gasteiger partial charge in [0.15, 0.2) is 0 Å². The summed E-state index contributed by atoms with van der Waals surface area (Å²) in [6.45, 7) is 5.92. The van der Waals surface area contributed by atoms with E-state index in [1.54, 1.807) is 0 Å². The Morgan fingerprint density at radius 3 is 2.46 bits per heavy atom. The quantitative estimate of drug-likeness (QED) is 0.774. The Morgan fingerprint density at radius 2 is 1.82 bits per heavy atom. The van der Waals surface area contributed by atoms with Crippen molar-refractivity contribution in [2.45, 2.75) is 32.9 Å². The van der Waals surface area contributed by atoms with E-state index < -0.39 is 5.91 Å². The van der Waals surface area contributed by atoms with E-state index >= 15 is 0 Å². The van der Waals surface area contributed by atoms with Gasteiger partial charge in [0.05, 0.1) is 13.1 Å². The van der Waals surface area contributed by atoms with Gasteiger partial charge in [0.25, 0.3) is 11.5 Å². The molecule has 1 aromatic carbocycles. The highest BCUT2D eigenvalue weighted by Crippen LogP contribution is 2.08. The van der Waals surface area contributed by atoms with Gasteiger partial charge in [0, 0.05) is 18.7 Å². The van der Waals surface area contributed by atoms with Crippen LogP contribution in [0.3, 0.4) is 0 Å². The summed E-state index contributed by atoms with van der Waals surface area (Å²) in [4.78, 5) is 37.8. The van der Waals surface area contributed by atoms with Gasteiger partial charge in [-0.1, -0.05) is 18.2 Å². The van der Waals surface area contributed by atoms with Crippen molar-refractivity contribution < 1.29 is 14.3 Å². The van der Waals surface area contributed by atoms with Gasteiger partial charge in [0.2, 0.25) is 5.91 Å². The van der Waals surface area contributed by atoms with E-state index in [-0.39, 0.29) is 42.4 Å². The maximum Gasteiger partial charge on any atom is 0.274 e. The lowest BCUT2D eigenvalue weighted by atomic mass is 10.1. The molecule has 0 fully saturated rings. The van der Waals surface area contributed by atoms with Crippen LogP contribution in [0, 0.1) is 0 Å². The van der Waals surface area contributed by atoms with Crippen LogP contribution in [0.15, 0.2) is 47.3 Å². The van der Waals surface area contributed by atoms with E-state index in [0.717, 1.165) is 0 Å². The van der Waals surface area contributed by atoms with E-state index in [0.29, 0.717) is 5.75 Å². The zero-order chi connectivity index (χ0) is 20.7. The van der Waals surface area contributed by atoms with Crippen LogP contribution in [-0.2, 0) is 11.3 Å². The number of hydrogen-bond acceptors (Lipinski definition) is 5. The maximum atomic E-state index is 12.5. The Hall–Kier alpha value is -3.16. The molecule has 2 aromatic rings. The molecule has 28 heavy (non-hydrogen) atoms. The summed E-state index contributed by atoms with van der Waals surface area (Å²) in [5.41, 5.74) is -0.628. The standard InChI is InChI=1S/C20H26N4O4/c1-20(2,3)21-17(25)14-23(4)19(27)16-10-11-18(26)24(22-16)12-13-28-15-8-6-5-7-9-15/h5-11H,12-14H2,1-4H3,(H,21,25). The molecule has 1 heterocycles. The zero-order valence-electron chi connectivity index (χ0n) is 16.6. The molecule has 150 valence electrons. The number of benzene rings is 1. The average Bonchev–Trinajstić information content (AvgIpc) is 2.62. The Labute approximate surface area is 164 Å². The second kappa shape index (κ2) is 9.16. The first-order valence-corrected chi connectivity index (χ1v) is 8.98. The molecule has 0 bridgehead atoms. The predicted molar refractivity (Wildman–Crippen MR) is 105 cm³/mol. The monoisotopic (exact) mass is 386 g/mol. The SMILES string of the molecule is CN(CC(=O)NC(C)(C)C)C(=O)c1ccc(=O)n(CCOc2ccccc2)n1. The van der Waals surface area contributed by atoms with E-state index in [2.05, 4.69) is 10.4 Å². The van der Waals surface area contributed by atoms with Crippen molar-refractivity contribution in [1.29, 1.82) is 0 Å². The molecule has 2 amide bonds. The summed E-state index contributed by atoms with van der Waals surface area (Å²) in [7, 11) is 1.51. The molecule has 8 nitrogen and oxygen atoms in total. The average molecular weight is 386 g/mol. The molecule has 1 N–H and O–H groups in total. The van der Waals surface area contributed by atoms with Crippen molar-refractivity contribution in [2.75, 3.05) is 20.2 Å². The van der Waals surface area contributed by atoms with Crippen LogP contribution in [-0.4, -0.2) is 52.2 Å². The Balaban J connectivity index is 1.99.